The van der Waals surface area contributed by atoms with Gasteiger partial charge in [-0.2, -0.15) is 0 Å². The second kappa shape index (κ2) is 8.50. The van der Waals surface area contributed by atoms with E-state index in [2.05, 4.69) is 15.5 Å². The molecule has 0 atom stereocenters. The Morgan fingerprint density at radius 1 is 0.966 bits per heavy atom. The van der Waals surface area contributed by atoms with E-state index in [1.54, 1.807) is 48.5 Å². The van der Waals surface area contributed by atoms with Crippen LogP contribution in [0.5, 0.6) is 5.75 Å². The summed E-state index contributed by atoms with van der Waals surface area (Å²) in [7, 11) is 0. The summed E-state index contributed by atoms with van der Waals surface area (Å²) in [6, 6.07) is 23.6. The van der Waals surface area contributed by atoms with Gasteiger partial charge in [-0.3, -0.25) is 0 Å². The number of hydrogen-bond acceptors (Lipinski definition) is 5. The average molecular weight is 403 g/mol. The molecule has 0 amide bonds. The molecule has 0 N–H and O–H groups in total. The molecule has 0 fully saturated rings. The maximum atomic E-state index is 13.0. The highest BCUT2D eigenvalue weighted by atomic mass is 35.5. The zero-order chi connectivity index (χ0) is 20.1. The summed E-state index contributed by atoms with van der Waals surface area (Å²) < 4.78 is 7.13. The Morgan fingerprint density at radius 3 is 2.48 bits per heavy atom. The highest BCUT2D eigenvalue weighted by Gasteiger charge is 2.15. The number of halogens is 1. The van der Waals surface area contributed by atoms with Crippen molar-refractivity contribution >= 4 is 29.2 Å². The van der Waals surface area contributed by atoms with Crippen molar-refractivity contribution in [1.29, 1.82) is 0 Å². The summed E-state index contributed by atoms with van der Waals surface area (Å²) in [5.41, 5.74) is 2.69. The van der Waals surface area contributed by atoms with E-state index in [0.29, 0.717) is 27.6 Å². The predicted octanol–water partition coefficient (Wildman–Crippen LogP) is 4.46. The Morgan fingerprint density at radius 2 is 1.76 bits per heavy atom. The predicted molar refractivity (Wildman–Crippen MR) is 111 cm³/mol. The van der Waals surface area contributed by atoms with Gasteiger partial charge in [-0.25, -0.2) is 9.48 Å². The van der Waals surface area contributed by atoms with Gasteiger partial charge in [0.2, 0.25) is 0 Å². The first-order valence-corrected chi connectivity index (χ1v) is 9.15. The van der Waals surface area contributed by atoms with Crippen LogP contribution in [0.15, 0.2) is 85.2 Å². The fourth-order valence-electron chi connectivity index (χ4n) is 2.74. The van der Waals surface area contributed by atoms with Crippen molar-refractivity contribution in [3.8, 4) is 11.4 Å². The Hall–Kier alpha value is -3.77. The molecule has 0 aliphatic rings. The molecule has 29 heavy (non-hydrogen) atoms. The molecule has 4 rings (SSSR count). The third-order valence-electron chi connectivity index (χ3n) is 4.13. The summed E-state index contributed by atoms with van der Waals surface area (Å²) in [4.78, 5) is 13.0. The number of tetrazole rings is 1. The number of hydrogen-bond donors (Lipinski definition) is 0. The first-order chi connectivity index (χ1) is 14.2. The van der Waals surface area contributed by atoms with Crippen molar-refractivity contribution in [2.45, 2.75) is 0 Å². The van der Waals surface area contributed by atoms with Crippen molar-refractivity contribution < 1.29 is 9.53 Å². The average Bonchev–Trinajstić information content (AvgIpc) is 3.29. The second-order valence-corrected chi connectivity index (χ2v) is 6.55. The van der Waals surface area contributed by atoms with Crippen LogP contribution in [0.2, 0.25) is 5.02 Å². The number of rotatable bonds is 5. The van der Waals surface area contributed by atoms with E-state index < -0.39 is 5.97 Å². The molecular weight excluding hydrogens is 388 g/mol. The monoisotopic (exact) mass is 402 g/mol. The Bertz CT molecular complexity index is 1140. The summed E-state index contributed by atoms with van der Waals surface area (Å²) in [6.45, 7) is 0. The Balaban J connectivity index is 1.66. The molecule has 4 aromatic rings. The highest BCUT2D eigenvalue weighted by Crippen LogP contribution is 2.24. The molecule has 0 aliphatic heterocycles. The van der Waals surface area contributed by atoms with Gasteiger partial charge in [0, 0.05) is 11.1 Å². The SMILES string of the molecule is O=C(Oc1cccc(-n2cnnn2)c1)/C(=C/c1ccccc1)c1ccc(Cl)cc1. The summed E-state index contributed by atoms with van der Waals surface area (Å²) in [5.74, 6) is -0.0963. The minimum Gasteiger partial charge on any atom is -0.423 e. The van der Waals surface area contributed by atoms with E-state index in [9.17, 15) is 4.79 Å². The van der Waals surface area contributed by atoms with E-state index in [1.807, 2.05) is 36.4 Å². The summed E-state index contributed by atoms with van der Waals surface area (Å²) in [5, 5.41) is 11.7. The molecule has 7 heteroatoms. The smallest absolute Gasteiger partial charge is 0.344 e. The summed E-state index contributed by atoms with van der Waals surface area (Å²) in [6.07, 6.45) is 3.26. The molecule has 1 heterocycles. The maximum absolute atomic E-state index is 13.0. The van der Waals surface area contributed by atoms with Crippen molar-refractivity contribution in [1.82, 2.24) is 20.2 Å². The first-order valence-electron chi connectivity index (χ1n) is 8.77. The van der Waals surface area contributed by atoms with E-state index in [-0.39, 0.29) is 0 Å². The maximum Gasteiger partial charge on any atom is 0.344 e. The van der Waals surface area contributed by atoms with Gasteiger partial charge in [0.05, 0.1) is 11.3 Å². The van der Waals surface area contributed by atoms with E-state index in [0.717, 1.165) is 5.56 Å². The number of aromatic nitrogens is 4. The molecule has 0 spiro atoms. The Kier molecular flexibility index (Phi) is 5.45. The van der Waals surface area contributed by atoms with Crippen LogP contribution in [0.4, 0.5) is 0 Å². The number of carbonyl (C=O) groups excluding carboxylic acids is 1. The van der Waals surface area contributed by atoms with Crippen molar-refractivity contribution in [2.75, 3.05) is 0 Å². The number of ether oxygens (including phenoxy) is 1. The molecule has 142 valence electrons. The van der Waals surface area contributed by atoms with Crippen LogP contribution in [-0.4, -0.2) is 26.2 Å². The lowest BCUT2D eigenvalue weighted by atomic mass is 10.0. The number of esters is 1. The lowest BCUT2D eigenvalue weighted by Crippen LogP contribution is -2.11. The van der Waals surface area contributed by atoms with E-state index in [1.165, 1.54) is 11.0 Å². The van der Waals surface area contributed by atoms with Crippen molar-refractivity contribution in [2.24, 2.45) is 0 Å². The summed E-state index contributed by atoms with van der Waals surface area (Å²) >= 11 is 6.00. The van der Waals surface area contributed by atoms with Gasteiger partial charge in [-0.15, -0.1) is 5.10 Å². The normalized spacial score (nSPS) is 11.3. The van der Waals surface area contributed by atoms with Crippen LogP contribution in [0.25, 0.3) is 17.3 Å². The van der Waals surface area contributed by atoms with Crippen LogP contribution in [0.1, 0.15) is 11.1 Å². The van der Waals surface area contributed by atoms with E-state index >= 15 is 0 Å². The lowest BCUT2D eigenvalue weighted by molar-refractivity contribution is -0.127. The van der Waals surface area contributed by atoms with Crippen LogP contribution < -0.4 is 4.74 Å². The van der Waals surface area contributed by atoms with Crippen LogP contribution in [0.3, 0.4) is 0 Å². The molecule has 3 aromatic carbocycles. The van der Waals surface area contributed by atoms with E-state index in [4.69, 9.17) is 16.3 Å². The lowest BCUT2D eigenvalue weighted by Gasteiger charge is -2.10. The molecule has 0 bridgehead atoms. The molecule has 0 aliphatic carbocycles. The van der Waals surface area contributed by atoms with Gasteiger partial charge in [0.15, 0.2) is 0 Å². The van der Waals surface area contributed by atoms with Crippen molar-refractivity contribution in [3.05, 3.63) is 101 Å². The van der Waals surface area contributed by atoms with Gasteiger partial charge in [-0.05, 0) is 51.9 Å². The molecule has 0 saturated heterocycles. The second-order valence-electron chi connectivity index (χ2n) is 6.12. The zero-order valence-electron chi connectivity index (χ0n) is 15.1. The van der Waals surface area contributed by atoms with Gasteiger partial charge >= 0.3 is 5.97 Å². The van der Waals surface area contributed by atoms with Gasteiger partial charge < -0.3 is 4.74 Å². The number of benzene rings is 3. The third kappa shape index (κ3) is 4.56. The minimum atomic E-state index is -0.481. The molecule has 0 unspecified atom stereocenters. The van der Waals surface area contributed by atoms with Crippen LogP contribution in [0, 0.1) is 0 Å². The third-order valence-corrected chi connectivity index (χ3v) is 4.38. The fraction of sp³-hybridized carbons (Fsp3) is 0. The van der Waals surface area contributed by atoms with Crippen molar-refractivity contribution in [3.63, 3.8) is 0 Å². The number of nitrogens with zero attached hydrogens (tertiary/aromatic N) is 4. The van der Waals surface area contributed by atoms with Crippen LogP contribution >= 0.6 is 11.6 Å². The molecule has 0 saturated carbocycles. The minimum absolute atomic E-state index is 0.385. The highest BCUT2D eigenvalue weighted by molar-refractivity contribution is 6.30. The zero-order valence-corrected chi connectivity index (χ0v) is 15.9. The van der Waals surface area contributed by atoms with Gasteiger partial charge in [-0.1, -0.05) is 60.1 Å². The number of carbonyl (C=O) groups is 1. The topological polar surface area (TPSA) is 69.9 Å². The Labute approximate surface area is 172 Å². The van der Waals surface area contributed by atoms with Gasteiger partial charge in [0.25, 0.3) is 0 Å². The fourth-order valence-corrected chi connectivity index (χ4v) is 2.86. The molecule has 6 nitrogen and oxygen atoms in total. The van der Waals surface area contributed by atoms with Crippen LogP contribution in [-0.2, 0) is 4.79 Å². The standard InChI is InChI=1S/C22H15ClN4O2/c23-18-11-9-17(10-12-18)21(13-16-5-2-1-3-6-16)22(28)29-20-8-4-7-19(14-20)27-15-24-25-26-27/h1-15H/b21-13+. The largest absolute Gasteiger partial charge is 0.423 e. The first kappa shape index (κ1) is 18.6. The quantitative estimate of drug-likeness (QED) is 0.213. The molecular formula is C22H15ClN4O2. The molecule has 1 aromatic heterocycles. The molecule has 0 radical (unpaired) electrons. The van der Waals surface area contributed by atoms with Gasteiger partial charge in [0.1, 0.15) is 12.1 Å².